The molecule has 16 heavy (non-hydrogen) atoms. The van der Waals surface area contributed by atoms with Gasteiger partial charge in [0.25, 0.3) is 6.43 Å². The SMILES string of the molecule is COC(=O)CCc1cc(F)ccc1C(F)F. The maximum Gasteiger partial charge on any atom is 0.305 e. The number of carbonyl (C=O) groups is 1. The Kier molecular flexibility index (Phi) is 4.34. The van der Waals surface area contributed by atoms with Gasteiger partial charge in [-0.25, -0.2) is 13.2 Å². The molecule has 0 aromatic heterocycles. The van der Waals surface area contributed by atoms with Crippen molar-refractivity contribution in [1.29, 1.82) is 0 Å². The molecule has 0 aliphatic heterocycles. The number of benzene rings is 1. The van der Waals surface area contributed by atoms with Gasteiger partial charge in [-0.2, -0.15) is 0 Å². The third kappa shape index (κ3) is 3.25. The van der Waals surface area contributed by atoms with E-state index in [0.717, 1.165) is 18.2 Å². The van der Waals surface area contributed by atoms with E-state index in [0.29, 0.717) is 0 Å². The number of aryl methyl sites for hydroxylation is 1. The zero-order chi connectivity index (χ0) is 12.1. The predicted molar refractivity (Wildman–Crippen MR) is 51.7 cm³/mol. The van der Waals surface area contributed by atoms with Gasteiger partial charge in [0.15, 0.2) is 0 Å². The fourth-order valence-electron chi connectivity index (χ4n) is 1.34. The normalized spacial score (nSPS) is 10.6. The Morgan fingerprint density at radius 3 is 2.69 bits per heavy atom. The van der Waals surface area contributed by atoms with Crippen LogP contribution in [0.4, 0.5) is 13.2 Å². The minimum absolute atomic E-state index is 0.0420. The fraction of sp³-hybridized carbons (Fsp3) is 0.364. The van der Waals surface area contributed by atoms with Gasteiger partial charge >= 0.3 is 5.97 Å². The molecule has 0 unspecified atom stereocenters. The number of rotatable bonds is 4. The highest BCUT2D eigenvalue weighted by atomic mass is 19.3. The van der Waals surface area contributed by atoms with Crippen LogP contribution in [0.5, 0.6) is 0 Å². The average molecular weight is 232 g/mol. The molecule has 1 aromatic carbocycles. The summed E-state index contributed by atoms with van der Waals surface area (Å²) >= 11 is 0. The Labute approximate surface area is 91.0 Å². The van der Waals surface area contributed by atoms with Gasteiger partial charge in [0.05, 0.1) is 7.11 Å². The van der Waals surface area contributed by atoms with E-state index in [1.54, 1.807) is 0 Å². The van der Waals surface area contributed by atoms with Crippen LogP contribution in [0.25, 0.3) is 0 Å². The van der Waals surface area contributed by atoms with Crippen LogP contribution in [0.2, 0.25) is 0 Å². The first-order valence-electron chi connectivity index (χ1n) is 4.68. The maximum absolute atomic E-state index is 12.9. The third-order valence-corrected chi connectivity index (χ3v) is 2.17. The minimum Gasteiger partial charge on any atom is -0.469 e. The number of carbonyl (C=O) groups excluding carboxylic acids is 1. The Morgan fingerprint density at radius 2 is 2.12 bits per heavy atom. The quantitative estimate of drug-likeness (QED) is 0.746. The monoisotopic (exact) mass is 232 g/mol. The Morgan fingerprint density at radius 1 is 1.44 bits per heavy atom. The Bertz CT molecular complexity index is 377. The number of halogens is 3. The number of ether oxygens (including phenoxy) is 1. The van der Waals surface area contributed by atoms with Gasteiger partial charge in [-0.3, -0.25) is 4.79 Å². The van der Waals surface area contributed by atoms with Crippen molar-refractivity contribution in [3.05, 3.63) is 35.1 Å². The molecule has 5 heteroatoms. The number of hydrogen-bond acceptors (Lipinski definition) is 2. The second-order valence-corrected chi connectivity index (χ2v) is 3.22. The van der Waals surface area contributed by atoms with Gasteiger partial charge in [-0.1, -0.05) is 6.07 Å². The van der Waals surface area contributed by atoms with Crippen LogP contribution in [-0.4, -0.2) is 13.1 Å². The molecule has 0 aliphatic rings. The molecule has 0 radical (unpaired) electrons. The molecule has 0 fully saturated rings. The second kappa shape index (κ2) is 5.53. The van der Waals surface area contributed by atoms with Crippen molar-refractivity contribution in [2.45, 2.75) is 19.3 Å². The Balaban J connectivity index is 2.84. The average Bonchev–Trinajstić information content (AvgIpc) is 2.25. The van der Waals surface area contributed by atoms with E-state index in [2.05, 4.69) is 4.74 Å². The summed E-state index contributed by atoms with van der Waals surface area (Å²) in [5, 5.41) is 0. The topological polar surface area (TPSA) is 26.3 Å². The van der Waals surface area contributed by atoms with Crippen molar-refractivity contribution in [3.63, 3.8) is 0 Å². The van der Waals surface area contributed by atoms with E-state index in [1.165, 1.54) is 7.11 Å². The van der Waals surface area contributed by atoms with Gasteiger partial charge in [0, 0.05) is 12.0 Å². The number of esters is 1. The van der Waals surface area contributed by atoms with Gasteiger partial charge in [0.2, 0.25) is 0 Å². The zero-order valence-corrected chi connectivity index (χ0v) is 8.67. The molecule has 0 bridgehead atoms. The number of alkyl halides is 2. The molecule has 0 atom stereocenters. The summed E-state index contributed by atoms with van der Waals surface area (Å²) in [7, 11) is 1.21. The van der Waals surface area contributed by atoms with Gasteiger partial charge < -0.3 is 4.74 Å². The second-order valence-electron chi connectivity index (χ2n) is 3.22. The lowest BCUT2D eigenvalue weighted by molar-refractivity contribution is -0.140. The van der Waals surface area contributed by atoms with Crippen molar-refractivity contribution in [1.82, 2.24) is 0 Å². The molecule has 0 saturated carbocycles. The molecular weight excluding hydrogens is 221 g/mol. The number of methoxy groups -OCH3 is 1. The summed E-state index contributed by atoms with van der Waals surface area (Å²) in [6.45, 7) is 0. The first-order chi connectivity index (χ1) is 7.54. The molecule has 0 N–H and O–H groups in total. The lowest BCUT2D eigenvalue weighted by atomic mass is 10.0. The van der Waals surface area contributed by atoms with Crippen molar-refractivity contribution in [2.75, 3.05) is 7.11 Å². The van der Waals surface area contributed by atoms with E-state index < -0.39 is 18.2 Å². The van der Waals surface area contributed by atoms with Gasteiger partial charge in [-0.05, 0) is 24.1 Å². The van der Waals surface area contributed by atoms with E-state index in [4.69, 9.17) is 0 Å². The van der Waals surface area contributed by atoms with Crippen LogP contribution >= 0.6 is 0 Å². The van der Waals surface area contributed by atoms with E-state index in [-0.39, 0.29) is 24.0 Å². The molecule has 0 spiro atoms. The molecule has 0 heterocycles. The summed E-state index contributed by atoms with van der Waals surface area (Å²) in [4.78, 5) is 10.8. The smallest absolute Gasteiger partial charge is 0.305 e. The first kappa shape index (κ1) is 12.5. The van der Waals surface area contributed by atoms with Crippen molar-refractivity contribution in [2.24, 2.45) is 0 Å². The van der Waals surface area contributed by atoms with E-state index >= 15 is 0 Å². The highest BCUT2D eigenvalue weighted by Crippen LogP contribution is 2.24. The molecule has 0 amide bonds. The maximum atomic E-state index is 12.9. The molecule has 0 saturated heterocycles. The molecule has 1 aromatic rings. The van der Waals surface area contributed by atoms with Gasteiger partial charge in [-0.15, -0.1) is 0 Å². The summed E-state index contributed by atoms with van der Waals surface area (Å²) in [6, 6.07) is 3.03. The largest absolute Gasteiger partial charge is 0.469 e. The lowest BCUT2D eigenvalue weighted by Crippen LogP contribution is -2.04. The van der Waals surface area contributed by atoms with Crippen LogP contribution in [-0.2, 0) is 16.0 Å². The van der Waals surface area contributed by atoms with Crippen LogP contribution in [0.1, 0.15) is 24.0 Å². The molecule has 1 rings (SSSR count). The zero-order valence-electron chi connectivity index (χ0n) is 8.67. The van der Waals surface area contributed by atoms with Gasteiger partial charge in [0.1, 0.15) is 5.82 Å². The highest BCUT2D eigenvalue weighted by molar-refractivity contribution is 5.69. The molecule has 88 valence electrons. The molecular formula is C11H11F3O2. The third-order valence-electron chi connectivity index (χ3n) is 2.17. The Hall–Kier alpha value is -1.52. The van der Waals surface area contributed by atoms with Crippen molar-refractivity contribution < 1.29 is 22.7 Å². The van der Waals surface area contributed by atoms with E-state index in [9.17, 15) is 18.0 Å². The summed E-state index contributed by atoms with van der Waals surface area (Å²) in [6.07, 6.45) is -2.67. The van der Waals surface area contributed by atoms with Crippen molar-refractivity contribution >= 4 is 5.97 Å². The lowest BCUT2D eigenvalue weighted by Gasteiger charge is -2.08. The molecule has 0 aliphatic carbocycles. The first-order valence-corrected chi connectivity index (χ1v) is 4.68. The summed E-state index contributed by atoms with van der Waals surface area (Å²) < 4.78 is 42.3. The van der Waals surface area contributed by atoms with Crippen molar-refractivity contribution in [3.8, 4) is 0 Å². The van der Waals surface area contributed by atoms with E-state index in [1.807, 2.05) is 0 Å². The van der Waals surface area contributed by atoms with Crippen LogP contribution in [0, 0.1) is 5.82 Å². The highest BCUT2D eigenvalue weighted by Gasteiger charge is 2.14. The van der Waals surface area contributed by atoms with Crippen LogP contribution in [0.3, 0.4) is 0 Å². The summed E-state index contributed by atoms with van der Waals surface area (Å²) in [5.74, 6) is -1.10. The number of hydrogen-bond donors (Lipinski definition) is 0. The predicted octanol–water partition coefficient (Wildman–Crippen LogP) is 2.87. The summed E-state index contributed by atoms with van der Waals surface area (Å²) in [5.41, 5.74) is -0.106. The standard InChI is InChI=1S/C11H11F3O2/c1-16-10(15)5-2-7-6-8(12)3-4-9(7)11(13)14/h3-4,6,11H,2,5H2,1H3. The fourth-order valence-corrected chi connectivity index (χ4v) is 1.34. The minimum atomic E-state index is -2.67. The van der Waals surface area contributed by atoms with Crippen LogP contribution in [0.15, 0.2) is 18.2 Å². The van der Waals surface area contributed by atoms with Crippen LogP contribution < -0.4 is 0 Å². The molecule has 2 nitrogen and oxygen atoms in total.